The van der Waals surface area contributed by atoms with Crippen LogP contribution in [0.3, 0.4) is 0 Å². The summed E-state index contributed by atoms with van der Waals surface area (Å²) in [4.78, 5) is 31.8. The first-order valence-corrected chi connectivity index (χ1v) is 10.8. The molecule has 1 aromatic carbocycles. The zero-order chi connectivity index (χ0) is 18.4. The third-order valence-corrected chi connectivity index (χ3v) is 6.08. The standard InChI is InChI=1S/C19H23N3O2S2/c1-2-3-4-7-10-20-19(24)14-12-26-17(21-14)11-22-15-8-5-6-9-16(15)25-13-18(22)23/h5-6,8-9,12H,2-4,7,10-11,13H2,1H3,(H,20,24). The summed E-state index contributed by atoms with van der Waals surface area (Å²) in [7, 11) is 0. The van der Waals surface area contributed by atoms with Crippen molar-refractivity contribution in [1.82, 2.24) is 10.3 Å². The fourth-order valence-corrected chi connectivity index (χ4v) is 4.49. The number of aromatic nitrogens is 1. The van der Waals surface area contributed by atoms with Gasteiger partial charge in [-0.2, -0.15) is 0 Å². The molecule has 0 saturated carbocycles. The Hall–Kier alpha value is -1.86. The second-order valence-corrected chi connectivity index (χ2v) is 8.14. The molecule has 1 aliphatic rings. The minimum atomic E-state index is -0.134. The van der Waals surface area contributed by atoms with Crippen LogP contribution in [0.2, 0.25) is 0 Å². The van der Waals surface area contributed by atoms with Gasteiger partial charge < -0.3 is 10.2 Å². The quantitative estimate of drug-likeness (QED) is 0.691. The molecular weight excluding hydrogens is 366 g/mol. The Kier molecular flexibility index (Phi) is 6.68. The molecule has 1 aromatic heterocycles. The molecule has 2 heterocycles. The van der Waals surface area contributed by atoms with Crippen LogP contribution < -0.4 is 10.2 Å². The number of thiazole rings is 1. The number of anilines is 1. The van der Waals surface area contributed by atoms with E-state index >= 15 is 0 Å². The van der Waals surface area contributed by atoms with E-state index in [-0.39, 0.29) is 11.8 Å². The van der Waals surface area contributed by atoms with Crippen LogP contribution in [0, 0.1) is 0 Å². The number of amides is 2. The summed E-state index contributed by atoms with van der Waals surface area (Å²) in [5.74, 6) is 0.378. The number of nitrogens with one attached hydrogen (secondary N) is 1. The minimum Gasteiger partial charge on any atom is -0.351 e. The van der Waals surface area contributed by atoms with Gasteiger partial charge in [-0.25, -0.2) is 4.98 Å². The van der Waals surface area contributed by atoms with E-state index in [4.69, 9.17) is 0 Å². The highest BCUT2D eigenvalue weighted by Gasteiger charge is 2.25. The molecule has 0 saturated heterocycles. The van der Waals surface area contributed by atoms with Crippen LogP contribution in [-0.2, 0) is 11.3 Å². The molecule has 0 fully saturated rings. The zero-order valence-electron chi connectivity index (χ0n) is 14.9. The number of thioether (sulfide) groups is 1. The Bertz CT molecular complexity index is 776. The highest BCUT2D eigenvalue weighted by atomic mass is 32.2. The number of unbranched alkanes of at least 4 members (excludes halogenated alkanes) is 3. The van der Waals surface area contributed by atoms with Crippen molar-refractivity contribution in [2.24, 2.45) is 0 Å². The van der Waals surface area contributed by atoms with Gasteiger partial charge >= 0.3 is 0 Å². The van der Waals surface area contributed by atoms with Crippen LogP contribution in [0.1, 0.15) is 48.1 Å². The molecule has 2 amide bonds. The number of rotatable bonds is 8. The second kappa shape index (κ2) is 9.19. The molecular formula is C19H23N3O2S2. The summed E-state index contributed by atoms with van der Waals surface area (Å²) in [6.45, 7) is 3.26. The summed E-state index contributed by atoms with van der Waals surface area (Å²) in [6, 6.07) is 7.89. The highest BCUT2D eigenvalue weighted by Crippen LogP contribution is 2.35. The fraction of sp³-hybridized carbons (Fsp3) is 0.421. The maximum Gasteiger partial charge on any atom is 0.270 e. The average molecular weight is 390 g/mol. The monoisotopic (exact) mass is 389 g/mol. The van der Waals surface area contributed by atoms with E-state index < -0.39 is 0 Å². The molecule has 3 rings (SSSR count). The number of hydrogen-bond donors (Lipinski definition) is 1. The fourth-order valence-electron chi connectivity index (χ4n) is 2.79. The molecule has 0 unspecified atom stereocenters. The van der Waals surface area contributed by atoms with E-state index in [0.717, 1.165) is 28.4 Å². The number of benzene rings is 1. The highest BCUT2D eigenvalue weighted by molar-refractivity contribution is 8.00. The van der Waals surface area contributed by atoms with E-state index in [2.05, 4.69) is 17.2 Å². The average Bonchev–Trinajstić information content (AvgIpc) is 3.12. The molecule has 5 nitrogen and oxygen atoms in total. The molecule has 2 aromatic rings. The first-order chi connectivity index (χ1) is 12.7. The van der Waals surface area contributed by atoms with Crippen molar-refractivity contribution in [3.05, 3.63) is 40.3 Å². The molecule has 1 aliphatic heterocycles. The largest absolute Gasteiger partial charge is 0.351 e. The summed E-state index contributed by atoms with van der Waals surface area (Å²) in [6.07, 6.45) is 4.50. The molecule has 0 aliphatic carbocycles. The molecule has 0 atom stereocenters. The predicted molar refractivity (Wildman–Crippen MR) is 107 cm³/mol. The molecule has 7 heteroatoms. The lowest BCUT2D eigenvalue weighted by molar-refractivity contribution is -0.116. The van der Waals surface area contributed by atoms with Crippen LogP contribution >= 0.6 is 23.1 Å². The van der Waals surface area contributed by atoms with E-state index in [1.807, 2.05) is 24.3 Å². The SMILES string of the molecule is CCCCCCNC(=O)c1csc(CN2C(=O)CSc3ccccc32)n1. The Labute approximate surface area is 162 Å². The number of carbonyl (C=O) groups is 2. The van der Waals surface area contributed by atoms with E-state index in [1.165, 1.54) is 24.2 Å². The van der Waals surface area contributed by atoms with Crippen LogP contribution in [0.25, 0.3) is 0 Å². The number of para-hydroxylation sites is 1. The zero-order valence-corrected chi connectivity index (χ0v) is 16.5. The lowest BCUT2D eigenvalue weighted by Crippen LogP contribution is -2.34. The van der Waals surface area contributed by atoms with Crippen molar-refractivity contribution in [3.63, 3.8) is 0 Å². The van der Waals surface area contributed by atoms with Crippen LogP contribution in [0.4, 0.5) is 5.69 Å². The first-order valence-electron chi connectivity index (χ1n) is 8.94. The van der Waals surface area contributed by atoms with Crippen LogP contribution in [0.5, 0.6) is 0 Å². The number of carbonyl (C=O) groups excluding carboxylic acids is 2. The van der Waals surface area contributed by atoms with E-state index in [9.17, 15) is 9.59 Å². The number of nitrogens with zero attached hydrogens (tertiary/aromatic N) is 2. The molecule has 26 heavy (non-hydrogen) atoms. The van der Waals surface area contributed by atoms with Gasteiger partial charge in [0.25, 0.3) is 5.91 Å². The van der Waals surface area contributed by atoms with E-state index in [1.54, 1.807) is 22.0 Å². The van der Waals surface area contributed by atoms with Gasteiger partial charge in [-0.15, -0.1) is 23.1 Å². The van der Waals surface area contributed by atoms with Crippen molar-refractivity contribution < 1.29 is 9.59 Å². The number of fused-ring (bicyclic) bond motifs is 1. The van der Waals surface area contributed by atoms with Gasteiger partial charge in [-0.05, 0) is 18.6 Å². The van der Waals surface area contributed by atoms with Gasteiger partial charge in [-0.1, -0.05) is 38.3 Å². The maximum absolute atomic E-state index is 12.3. The Morgan fingerprint density at radius 1 is 1.27 bits per heavy atom. The van der Waals surface area contributed by atoms with Gasteiger partial charge in [0, 0.05) is 16.8 Å². The molecule has 0 bridgehead atoms. The molecule has 1 N–H and O–H groups in total. The summed E-state index contributed by atoms with van der Waals surface area (Å²) < 4.78 is 0. The first kappa shape index (κ1) is 18.9. The predicted octanol–water partition coefficient (Wildman–Crippen LogP) is 4.09. The van der Waals surface area contributed by atoms with Crippen LogP contribution in [0.15, 0.2) is 34.5 Å². The minimum absolute atomic E-state index is 0.0748. The Morgan fingerprint density at radius 3 is 2.96 bits per heavy atom. The number of hydrogen-bond acceptors (Lipinski definition) is 5. The third kappa shape index (κ3) is 4.65. The summed E-state index contributed by atoms with van der Waals surface area (Å²) >= 11 is 2.99. The van der Waals surface area contributed by atoms with Gasteiger partial charge in [-0.3, -0.25) is 9.59 Å². The summed E-state index contributed by atoms with van der Waals surface area (Å²) in [5, 5.41) is 5.46. The lowest BCUT2D eigenvalue weighted by atomic mass is 10.2. The third-order valence-electron chi connectivity index (χ3n) is 4.20. The van der Waals surface area contributed by atoms with Crippen molar-refractivity contribution in [1.29, 1.82) is 0 Å². The normalized spacial score (nSPS) is 13.6. The van der Waals surface area contributed by atoms with Gasteiger partial charge in [0.05, 0.1) is 18.0 Å². The van der Waals surface area contributed by atoms with Crippen molar-refractivity contribution >= 4 is 40.6 Å². The van der Waals surface area contributed by atoms with E-state index in [0.29, 0.717) is 24.5 Å². The van der Waals surface area contributed by atoms with Crippen molar-refractivity contribution in [2.75, 3.05) is 17.2 Å². The molecule has 0 spiro atoms. The van der Waals surface area contributed by atoms with Crippen molar-refractivity contribution in [3.8, 4) is 0 Å². The van der Waals surface area contributed by atoms with Crippen molar-refractivity contribution in [2.45, 2.75) is 44.0 Å². The smallest absolute Gasteiger partial charge is 0.270 e. The second-order valence-electron chi connectivity index (χ2n) is 6.18. The molecule has 0 radical (unpaired) electrons. The summed E-state index contributed by atoms with van der Waals surface area (Å²) in [5.41, 5.74) is 1.36. The van der Waals surface area contributed by atoms with Gasteiger partial charge in [0.2, 0.25) is 5.91 Å². The topological polar surface area (TPSA) is 62.3 Å². The Morgan fingerprint density at radius 2 is 2.12 bits per heavy atom. The van der Waals surface area contributed by atoms with Gasteiger partial charge in [0.1, 0.15) is 10.7 Å². The van der Waals surface area contributed by atoms with Crippen LogP contribution in [-0.4, -0.2) is 29.1 Å². The van der Waals surface area contributed by atoms with Gasteiger partial charge in [0.15, 0.2) is 0 Å². The Balaban J connectivity index is 1.60. The molecule has 138 valence electrons. The lowest BCUT2D eigenvalue weighted by Gasteiger charge is -2.28. The maximum atomic E-state index is 12.3.